The molecule has 0 spiro atoms. The fraction of sp³-hybridized carbons (Fsp3) is 0.200. The zero-order valence-electron chi connectivity index (χ0n) is 7.05. The molecule has 2 heteroatoms. The normalized spacial score (nSPS) is 8.67. The summed E-state index contributed by atoms with van der Waals surface area (Å²) >= 11 is 0. The Morgan fingerprint density at radius 1 is 0.917 bits per heavy atom. The molecule has 58 valence electrons. The number of hydrogen-bond donors (Lipinski definition) is 0. The molecule has 0 aliphatic heterocycles. The molecule has 12 heavy (non-hydrogen) atoms. The third kappa shape index (κ3) is 1.28. The predicted octanol–water partition coefficient (Wildman–Crippen LogP) is 1.06. The van der Waals surface area contributed by atoms with Crippen molar-refractivity contribution in [1.82, 2.24) is 9.97 Å². The van der Waals surface area contributed by atoms with Gasteiger partial charge in [-0.1, -0.05) is 0 Å². The van der Waals surface area contributed by atoms with Gasteiger partial charge >= 0.3 is 0 Å². The molecule has 0 N–H and O–H groups in total. The van der Waals surface area contributed by atoms with Gasteiger partial charge in [0, 0.05) is 0 Å². The molecule has 1 aromatic heterocycles. The summed E-state index contributed by atoms with van der Waals surface area (Å²) in [5.41, 5.74) is 2.53. The van der Waals surface area contributed by atoms with Crippen molar-refractivity contribution in [3.05, 3.63) is 22.8 Å². The van der Waals surface area contributed by atoms with Gasteiger partial charge in [0.15, 0.2) is 0 Å². The number of hydrogen-bond acceptors (Lipinski definition) is 2. The van der Waals surface area contributed by atoms with Crippen LogP contribution < -0.4 is 0 Å². The monoisotopic (exact) mass is 156 g/mol. The lowest BCUT2D eigenvalue weighted by Gasteiger charge is -2.00. The fourth-order valence-electron chi connectivity index (χ4n) is 0.877. The van der Waals surface area contributed by atoms with Crippen LogP contribution in [-0.2, 0) is 0 Å². The van der Waals surface area contributed by atoms with Crippen molar-refractivity contribution in [2.24, 2.45) is 0 Å². The summed E-state index contributed by atoms with van der Waals surface area (Å²) in [6.45, 7) is 3.59. The van der Waals surface area contributed by atoms with Gasteiger partial charge in [0.05, 0.1) is 11.4 Å². The van der Waals surface area contributed by atoms with Crippen LogP contribution in [0.1, 0.15) is 22.8 Å². The largest absolute Gasteiger partial charge is 0.240 e. The van der Waals surface area contributed by atoms with Crippen molar-refractivity contribution < 1.29 is 0 Å². The van der Waals surface area contributed by atoms with E-state index in [0.717, 1.165) is 0 Å². The smallest absolute Gasteiger partial charge is 0.134 e. The summed E-state index contributed by atoms with van der Waals surface area (Å²) in [5.74, 6) is 4.89. The molecule has 0 aliphatic carbocycles. The van der Waals surface area contributed by atoms with Crippen LogP contribution in [0.2, 0.25) is 0 Å². The van der Waals surface area contributed by atoms with Crippen LogP contribution in [0.4, 0.5) is 0 Å². The maximum absolute atomic E-state index is 5.21. The van der Waals surface area contributed by atoms with Crippen molar-refractivity contribution >= 4 is 0 Å². The van der Waals surface area contributed by atoms with Gasteiger partial charge in [0.1, 0.15) is 11.4 Å². The van der Waals surface area contributed by atoms with Gasteiger partial charge in [0.25, 0.3) is 0 Å². The van der Waals surface area contributed by atoms with Gasteiger partial charge in [-0.25, -0.2) is 9.97 Å². The summed E-state index contributed by atoms with van der Waals surface area (Å²) in [5, 5.41) is 0. The van der Waals surface area contributed by atoms with Crippen LogP contribution in [0.15, 0.2) is 0 Å². The van der Waals surface area contributed by atoms with Crippen molar-refractivity contribution in [3.63, 3.8) is 0 Å². The minimum atomic E-state index is 0.562. The van der Waals surface area contributed by atoms with Gasteiger partial charge in [-0.2, -0.15) is 0 Å². The van der Waals surface area contributed by atoms with E-state index in [1.54, 1.807) is 13.8 Å². The number of aromatic nitrogens is 2. The maximum Gasteiger partial charge on any atom is 0.134 e. The lowest BCUT2D eigenvalue weighted by molar-refractivity contribution is 1.02. The Labute approximate surface area is 72.1 Å². The van der Waals surface area contributed by atoms with Gasteiger partial charge in [-0.3, -0.25) is 0 Å². The molecule has 0 amide bonds. The number of terminal acetylenes is 2. The Morgan fingerprint density at radius 2 is 1.25 bits per heavy atom. The van der Waals surface area contributed by atoms with E-state index >= 15 is 0 Å². The Hall–Kier alpha value is -1.80. The van der Waals surface area contributed by atoms with Crippen molar-refractivity contribution in [3.8, 4) is 24.7 Å². The topological polar surface area (TPSA) is 25.8 Å². The van der Waals surface area contributed by atoms with E-state index in [1.807, 2.05) is 0 Å². The fourth-order valence-corrected chi connectivity index (χ4v) is 0.877. The first-order valence-corrected chi connectivity index (χ1v) is 3.47. The number of nitrogens with zero attached hydrogens (tertiary/aromatic N) is 2. The van der Waals surface area contributed by atoms with Gasteiger partial charge < -0.3 is 0 Å². The first-order chi connectivity index (χ1) is 5.69. The summed E-state index contributed by atoms with van der Waals surface area (Å²) in [6.07, 6.45) is 10.4. The lowest BCUT2D eigenvalue weighted by Crippen LogP contribution is -1.99. The molecular weight excluding hydrogens is 148 g/mol. The molecule has 2 nitrogen and oxygen atoms in total. The first kappa shape index (κ1) is 8.30. The van der Waals surface area contributed by atoms with Crippen molar-refractivity contribution in [2.45, 2.75) is 13.8 Å². The highest BCUT2D eigenvalue weighted by Crippen LogP contribution is 2.05. The average molecular weight is 156 g/mol. The molecule has 0 unspecified atom stereocenters. The van der Waals surface area contributed by atoms with Gasteiger partial charge in [-0.15, -0.1) is 12.8 Å². The minimum absolute atomic E-state index is 0.562. The summed E-state index contributed by atoms with van der Waals surface area (Å²) in [7, 11) is 0. The minimum Gasteiger partial charge on any atom is -0.240 e. The third-order valence-electron chi connectivity index (χ3n) is 1.52. The van der Waals surface area contributed by atoms with Crippen molar-refractivity contribution in [2.75, 3.05) is 0 Å². The van der Waals surface area contributed by atoms with E-state index in [-0.39, 0.29) is 0 Å². The maximum atomic E-state index is 5.21. The molecular formula is C10H8N2. The van der Waals surface area contributed by atoms with Crippen LogP contribution in [0, 0.1) is 38.5 Å². The zero-order valence-corrected chi connectivity index (χ0v) is 7.05. The zero-order chi connectivity index (χ0) is 9.14. The molecule has 0 aliphatic rings. The van der Waals surface area contributed by atoms with E-state index in [2.05, 4.69) is 21.8 Å². The highest BCUT2D eigenvalue weighted by atomic mass is 14.8. The van der Waals surface area contributed by atoms with Crippen molar-refractivity contribution in [1.29, 1.82) is 0 Å². The summed E-state index contributed by atoms with van der Waals surface area (Å²) in [6, 6.07) is 0. The summed E-state index contributed by atoms with van der Waals surface area (Å²) < 4.78 is 0. The lowest BCUT2D eigenvalue weighted by atomic mass is 10.2. The Morgan fingerprint density at radius 3 is 1.50 bits per heavy atom. The SMILES string of the molecule is C#Cc1nc(C)c(C#C)nc1C. The van der Waals surface area contributed by atoms with Crippen LogP contribution in [0.25, 0.3) is 0 Å². The van der Waals surface area contributed by atoms with E-state index in [1.165, 1.54) is 0 Å². The highest BCUT2D eigenvalue weighted by Gasteiger charge is 2.03. The van der Waals surface area contributed by atoms with Gasteiger partial charge in [0.2, 0.25) is 0 Å². The molecule has 1 heterocycles. The quantitative estimate of drug-likeness (QED) is 0.525. The predicted molar refractivity (Wildman–Crippen MR) is 47.4 cm³/mol. The average Bonchev–Trinajstić information content (AvgIpc) is 2.08. The third-order valence-corrected chi connectivity index (χ3v) is 1.52. The molecule has 0 radical (unpaired) electrons. The number of aryl methyl sites for hydroxylation is 2. The van der Waals surface area contributed by atoms with E-state index in [9.17, 15) is 0 Å². The van der Waals surface area contributed by atoms with E-state index in [0.29, 0.717) is 22.8 Å². The molecule has 0 fully saturated rings. The molecule has 1 rings (SSSR count). The molecule has 0 saturated heterocycles. The Bertz CT molecular complexity index is 352. The first-order valence-electron chi connectivity index (χ1n) is 3.47. The second-order valence-electron chi connectivity index (χ2n) is 2.38. The molecule has 0 aromatic carbocycles. The summed E-state index contributed by atoms with van der Waals surface area (Å²) in [4.78, 5) is 8.24. The molecule has 1 aromatic rings. The van der Waals surface area contributed by atoms with Crippen LogP contribution >= 0.6 is 0 Å². The highest BCUT2D eigenvalue weighted by molar-refractivity contribution is 5.36. The Kier molecular flexibility index (Phi) is 2.12. The second kappa shape index (κ2) is 3.07. The molecule has 0 atom stereocenters. The van der Waals surface area contributed by atoms with Crippen LogP contribution in [0.5, 0.6) is 0 Å². The van der Waals surface area contributed by atoms with E-state index < -0.39 is 0 Å². The van der Waals surface area contributed by atoms with Crippen LogP contribution in [0.3, 0.4) is 0 Å². The van der Waals surface area contributed by atoms with Crippen LogP contribution in [-0.4, -0.2) is 9.97 Å². The number of rotatable bonds is 0. The molecule has 0 bridgehead atoms. The standard InChI is InChI=1S/C10H8N2/c1-5-9-7(3)12-10(6-2)8(4)11-9/h1-2H,3-4H3. The second-order valence-corrected chi connectivity index (χ2v) is 2.38. The molecule has 0 saturated carbocycles. The van der Waals surface area contributed by atoms with E-state index in [4.69, 9.17) is 12.8 Å². The Balaban J connectivity index is 3.41. The van der Waals surface area contributed by atoms with Gasteiger partial charge in [-0.05, 0) is 25.7 Å².